The molecule has 1 N–H and O–H groups in total. The van der Waals surface area contributed by atoms with E-state index in [4.69, 9.17) is 4.74 Å². The number of rotatable bonds is 4. The lowest BCUT2D eigenvalue weighted by molar-refractivity contribution is 0.0148. The van der Waals surface area contributed by atoms with Gasteiger partial charge in [-0.1, -0.05) is 0 Å². The van der Waals surface area contributed by atoms with Gasteiger partial charge in [-0.05, 0) is 52.2 Å². The van der Waals surface area contributed by atoms with E-state index in [1.165, 1.54) is 38.8 Å². The summed E-state index contributed by atoms with van der Waals surface area (Å²) >= 11 is 0. The summed E-state index contributed by atoms with van der Waals surface area (Å²) in [6.07, 6.45) is 5.63. The molecular weight excluding hydrogens is 188 g/mol. The van der Waals surface area contributed by atoms with E-state index in [-0.39, 0.29) is 0 Å². The largest absolute Gasteiger partial charge is 0.377 e. The summed E-state index contributed by atoms with van der Waals surface area (Å²) in [5.74, 6) is 0. The summed E-state index contributed by atoms with van der Waals surface area (Å²) in [6.45, 7) is 8.00. The SMILES string of the molecule is CC1CC(OCCN2CCCC2)CCN1. The predicted molar refractivity (Wildman–Crippen MR) is 62.1 cm³/mol. The maximum absolute atomic E-state index is 5.93. The van der Waals surface area contributed by atoms with Gasteiger partial charge >= 0.3 is 0 Å². The number of nitrogens with zero attached hydrogens (tertiary/aromatic N) is 1. The van der Waals surface area contributed by atoms with Crippen molar-refractivity contribution in [3.8, 4) is 0 Å². The molecule has 3 nitrogen and oxygen atoms in total. The van der Waals surface area contributed by atoms with Gasteiger partial charge in [-0.25, -0.2) is 0 Å². The van der Waals surface area contributed by atoms with Crippen molar-refractivity contribution in [1.82, 2.24) is 10.2 Å². The fourth-order valence-corrected chi connectivity index (χ4v) is 2.59. The molecule has 0 amide bonds. The third-order valence-corrected chi connectivity index (χ3v) is 3.54. The van der Waals surface area contributed by atoms with E-state index in [0.29, 0.717) is 12.1 Å². The van der Waals surface area contributed by atoms with Crippen LogP contribution < -0.4 is 5.32 Å². The van der Waals surface area contributed by atoms with Gasteiger partial charge in [0.15, 0.2) is 0 Å². The zero-order valence-corrected chi connectivity index (χ0v) is 9.87. The molecular formula is C12H24N2O. The first-order chi connectivity index (χ1) is 7.34. The number of nitrogens with one attached hydrogen (secondary N) is 1. The minimum Gasteiger partial charge on any atom is -0.377 e. The van der Waals surface area contributed by atoms with Gasteiger partial charge in [0, 0.05) is 12.6 Å². The average molecular weight is 212 g/mol. The van der Waals surface area contributed by atoms with Crippen molar-refractivity contribution in [2.45, 2.75) is 44.8 Å². The minimum atomic E-state index is 0.504. The van der Waals surface area contributed by atoms with Crippen LogP contribution >= 0.6 is 0 Å². The Hall–Kier alpha value is -0.120. The Balaban J connectivity index is 1.56. The van der Waals surface area contributed by atoms with Crippen molar-refractivity contribution in [2.24, 2.45) is 0 Å². The molecule has 2 aliphatic heterocycles. The lowest BCUT2D eigenvalue weighted by Crippen LogP contribution is -2.40. The molecule has 2 fully saturated rings. The predicted octanol–water partition coefficient (Wildman–Crippen LogP) is 1.24. The summed E-state index contributed by atoms with van der Waals surface area (Å²) in [4.78, 5) is 2.52. The minimum absolute atomic E-state index is 0.504. The Kier molecular flexibility index (Phi) is 4.42. The standard InChI is InChI=1S/C12H24N2O/c1-11-10-12(4-5-13-11)15-9-8-14-6-2-3-7-14/h11-13H,2-10H2,1H3. The van der Waals surface area contributed by atoms with E-state index in [2.05, 4.69) is 17.1 Å². The zero-order chi connectivity index (χ0) is 10.5. The topological polar surface area (TPSA) is 24.5 Å². The molecule has 3 heteroatoms. The molecule has 0 aromatic rings. The van der Waals surface area contributed by atoms with Crippen LogP contribution in [0.25, 0.3) is 0 Å². The molecule has 15 heavy (non-hydrogen) atoms. The van der Waals surface area contributed by atoms with Crippen molar-refractivity contribution >= 4 is 0 Å². The van der Waals surface area contributed by atoms with Gasteiger partial charge < -0.3 is 15.0 Å². The molecule has 2 aliphatic rings. The fourth-order valence-electron chi connectivity index (χ4n) is 2.59. The van der Waals surface area contributed by atoms with E-state index in [1.54, 1.807) is 0 Å². The van der Waals surface area contributed by atoms with Crippen molar-refractivity contribution < 1.29 is 4.74 Å². The Bertz CT molecular complexity index is 180. The highest BCUT2D eigenvalue weighted by Gasteiger charge is 2.19. The van der Waals surface area contributed by atoms with Gasteiger partial charge in [0.25, 0.3) is 0 Å². The number of hydrogen-bond acceptors (Lipinski definition) is 3. The molecule has 0 aromatic heterocycles. The molecule has 88 valence electrons. The van der Waals surface area contributed by atoms with Crippen molar-refractivity contribution in [1.29, 1.82) is 0 Å². The normalized spacial score (nSPS) is 33.4. The van der Waals surface area contributed by atoms with Crippen LogP contribution in [0.5, 0.6) is 0 Å². The molecule has 2 unspecified atom stereocenters. The Morgan fingerprint density at radius 2 is 2.13 bits per heavy atom. The highest BCUT2D eigenvalue weighted by molar-refractivity contribution is 4.75. The summed E-state index contributed by atoms with van der Waals surface area (Å²) in [7, 11) is 0. The number of likely N-dealkylation sites (tertiary alicyclic amines) is 1. The van der Waals surface area contributed by atoms with Crippen LogP contribution in [0.3, 0.4) is 0 Å². The first kappa shape index (κ1) is 11.4. The Morgan fingerprint density at radius 1 is 1.33 bits per heavy atom. The average Bonchev–Trinajstić information content (AvgIpc) is 2.71. The van der Waals surface area contributed by atoms with Gasteiger partial charge in [-0.3, -0.25) is 0 Å². The molecule has 0 aromatic carbocycles. The Morgan fingerprint density at radius 3 is 2.87 bits per heavy atom. The van der Waals surface area contributed by atoms with Crippen LogP contribution in [-0.2, 0) is 4.74 Å². The van der Waals surface area contributed by atoms with Gasteiger partial charge in [0.05, 0.1) is 12.7 Å². The maximum atomic E-state index is 5.93. The van der Waals surface area contributed by atoms with Gasteiger partial charge in [-0.15, -0.1) is 0 Å². The van der Waals surface area contributed by atoms with Crippen LogP contribution in [0.4, 0.5) is 0 Å². The van der Waals surface area contributed by atoms with Crippen LogP contribution in [0, 0.1) is 0 Å². The number of ether oxygens (including phenoxy) is 1. The molecule has 2 rings (SSSR count). The van der Waals surface area contributed by atoms with Crippen molar-refractivity contribution in [3.63, 3.8) is 0 Å². The van der Waals surface area contributed by atoms with E-state index in [9.17, 15) is 0 Å². The quantitative estimate of drug-likeness (QED) is 0.759. The second-order valence-corrected chi connectivity index (χ2v) is 4.92. The molecule has 0 bridgehead atoms. The summed E-state index contributed by atoms with van der Waals surface area (Å²) in [5.41, 5.74) is 0. The molecule has 2 heterocycles. The van der Waals surface area contributed by atoms with Crippen LogP contribution in [0.15, 0.2) is 0 Å². The van der Waals surface area contributed by atoms with Crippen molar-refractivity contribution in [2.75, 3.05) is 32.8 Å². The van der Waals surface area contributed by atoms with Gasteiger partial charge in [0.2, 0.25) is 0 Å². The second kappa shape index (κ2) is 5.83. The first-order valence-corrected chi connectivity index (χ1v) is 6.42. The zero-order valence-electron chi connectivity index (χ0n) is 9.87. The van der Waals surface area contributed by atoms with E-state index < -0.39 is 0 Å². The molecule has 0 aliphatic carbocycles. The van der Waals surface area contributed by atoms with Crippen LogP contribution in [0.2, 0.25) is 0 Å². The maximum Gasteiger partial charge on any atom is 0.0602 e. The monoisotopic (exact) mass is 212 g/mol. The molecule has 0 radical (unpaired) electrons. The fraction of sp³-hybridized carbons (Fsp3) is 1.00. The molecule has 2 saturated heterocycles. The van der Waals surface area contributed by atoms with E-state index in [1.807, 2.05) is 0 Å². The van der Waals surface area contributed by atoms with Crippen molar-refractivity contribution in [3.05, 3.63) is 0 Å². The highest BCUT2D eigenvalue weighted by Crippen LogP contribution is 2.12. The third kappa shape index (κ3) is 3.74. The molecule has 2 atom stereocenters. The Labute approximate surface area is 93.2 Å². The van der Waals surface area contributed by atoms with Gasteiger partial charge in [0.1, 0.15) is 0 Å². The molecule has 0 spiro atoms. The van der Waals surface area contributed by atoms with E-state index >= 15 is 0 Å². The summed E-state index contributed by atoms with van der Waals surface area (Å²) < 4.78 is 5.93. The number of hydrogen-bond donors (Lipinski definition) is 1. The summed E-state index contributed by atoms with van der Waals surface area (Å²) in [5, 5.41) is 3.45. The second-order valence-electron chi connectivity index (χ2n) is 4.92. The lowest BCUT2D eigenvalue weighted by atomic mass is 10.0. The third-order valence-electron chi connectivity index (χ3n) is 3.54. The van der Waals surface area contributed by atoms with Crippen LogP contribution in [-0.4, -0.2) is 49.8 Å². The van der Waals surface area contributed by atoms with E-state index in [0.717, 1.165) is 19.7 Å². The van der Waals surface area contributed by atoms with Crippen LogP contribution in [0.1, 0.15) is 32.6 Å². The lowest BCUT2D eigenvalue weighted by Gasteiger charge is -2.28. The number of piperidine rings is 1. The highest BCUT2D eigenvalue weighted by atomic mass is 16.5. The van der Waals surface area contributed by atoms with Gasteiger partial charge in [-0.2, -0.15) is 0 Å². The first-order valence-electron chi connectivity index (χ1n) is 6.42. The smallest absolute Gasteiger partial charge is 0.0602 e. The summed E-state index contributed by atoms with van der Waals surface area (Å²) in [6, 6.07) is 0.635. The molecule has 0 saturated carbocycles.